The van der Waals surface area contributed by atoms with Crippen LogP contribution in [0.15, 0.2) is 17.3 Å². The number of aliphatic imine (C=N–C) groups is 1. The first-order valence-electron chi connectivity index (χ1n) is 4.10. The Hall–Kier alpha value is -0.880. The summed E-state index contributed by atoms with van der Waals surface area (Å²) in [5.74, 6) is -1.70. The number of nitrogens with two attached hydrogens (primary N) is 2. The highest BCUT2D eigenvalue weighted by Gasteiger charge is 2.50. The summed E-state index contributed by atoms with van der Waals surface area (Å²) in [4.78, 5) is 3.64. The maximum Gasteiger partial charge on any atom is 0.393 e. The lowest BCUT2D eigenvalue weighted by molar-refractivity contribution is -0.182. The minimum Gasteiger partial charge on any atom is -0.321 e. The highest BCUT2D eigenvalue weighted by molar-refractivity contribution is 5.69. The van der Waals surface area contributed by atoms with Gasteiger partial charge in [-0.15, -0.1) is 0 Å². The molecule has 1 heterocycles. The Morgan fingerprint density at radius 2 is 2.07 bits per heavy atom. The van der Waals surface area contributed by atoms with E-state index in [0.717, 1.165) is 6.92 Å². The third kappa shape index (κ3) is 1.80. The van der Waals surface area contributed by atoms with Crippen molar-refractivity contribution in [3.8, 4) is 0 Å². The van der Waals surface area contributed by atoms with Crippen LogP contribution in [0.5, 0.6) is 0 Å². The fraction of sp³-hybridized carbons (Fsp3) is 0.625. The first-order valence-corrected chi connectivity index (χ1v) is 4.10. The second-order valence-electron chi connectivity index (χ2n) is 3.40. The zero-order valence-electron chi connectivity index (χ0n) is 7.62. The number of nitrogens with zero attached hydrogens (tertiary/aromatic N) is 1. The number of rotatable bonds is 1. The topological polar surface area (TPSA) is 64.4 Å². The summed E-state index contributed by atoms with van der Waals surface area (Å²) in [6.45, 7) is 1.02. The molecule has 6 heteroatoms. The Labute approximate surface area is 79.7 Å². The number of halogens is 3. The van der Waals surface area contributed by atoms with E-state index in [0.29, 0.717) is 0 Å². The monoisotopic (exact) mass is 207 g/mol. The fourth-order valence-electron chi connectivity index (χ4n) is 1.27. The molecule has 0 saturated heterocycles. The third-order valence-electron chi connectivity index (χ3n) is 2.51. The quantitative estimate of drug-likeness (QED) is 0.668. The lowest BCUT2D eigenvalue weighted by atomic mass is 9.79. The Bertz CT molecular complexity index is 271. The van der Waals surface area contributed by atoms with Gasteiger partial charge in [0.05, 0.1) is 17.5 Å². The summed E-state index contributed by atoms with van der Waals surface area (Å²) in [5, 5.41) is 0. The fourth-order valence-corrected chi connectivity index (χ4v) is 1.27. The van der Waals surface area contributed by atoms with Crippen molar-refractivity contribution in [3.05, 3.63) is 12.3 Å². The zero-order chi connectivity index (χ0) is 11.0. The number of hydrogen-bond acceptors (Lipinski definition) is 3. The summed E-state index contributed by atoms with van der Waals surface area (Å²) in [6, 6.07) is -0.913. The van der Waals surface area contributed by atoms with Crippen LogP contribution in [0.2, 0.25) is 0 Å². The van der Waals surface area contributed by atoms with Crippen LogP contribution in [0.3, 0.4) is 0 Å². The Balaban J connectivity index is 2.95. The van der Waals surface area contributed by atoms with Crippen LogP contribution in [0.4, 0.5) is 13.2 Å². The van der Waals surface area contributed by atoms with Gasteiger partial charge in [-0.25, -0.2) is 0 Å². The molecule has 14 heavy (non-hydrogen) atoms. The number of hydrogen-bond donors (Lipinski definition) is 2. The van der Waals surface area contributed by atoms with Crippen molar-refractivity contribution in [3.63, 3.8) is 0 Å². The molecule has 1 aliphatic heterocycles. The third-order valence-corrected chi connectivity index (χ3v) is 2.51. The normalized spacial score (nSPS) is 34.6. The van der Waals surface area contributed by atoms with Crippen molar-refractivity contribution in [2.45, 2.75) is 24.7 Å². The van der Waals surface area contributed by atoms with Gasteiger partial charge in [0.25, 0.3) is 0 Å². The first-order chi connectivity index (χ1) is 6.28. The van der Waals surface area contributed by atoms with Crippen molar-refractivity contribution >= 4 is 6.21 Å². The standard InChI is InChI=1S/C8H12F3N3/c1-5(8(9,10)11)7(13)2-3-14-4-6(7)12/h2-6H,12-13H2,1H3/t5-,6?,7?/m0/s1. The molecule has 3 nitrogen and oxygen atoms in total. The van der Waals surface area contributed by atoms with Crippen LogP contribution in [0.25, 0.3) is 0 Å². The van der Waals surface area contributed by atoms with E-state index in [1.165, 1.54) is 18.5 Å². The van der Waals surface area contributed by atoms with Gasteiger partial charge in [-0.2, -0.15) is 13.2 Å². The lowest BCUT2D eigenvalue weighted by Crippen LogP contribution is -2.62. The maximum atomic E-state index is 12.4. The largest absolute Gasteiger partial charge is 0.393 e. The van der Waals surface area contributed by atoms with E-state index < -0.39 is 23.7 Å². The van der Waals surface area contributed by atoms with E-state index >= 15 is 0 Å². The predicted octanol–water partition coefficient (Wildman–Crippen LogP) is 0.808. The predicted molar refractivity (Wildman–Crippen MR) is 47.7 cm³/mol. The molecule has 0 aromatic carbocycles. The van der Waals surface area contributed by atoms with E-state index in [2.05, 4.69) is 4.99 Å². The molecule has 0 radical (unpaired) electrons. The molecule has 0 bridgehead atoms. The molecule has 0 saturated carbocycles. The summed E-state index contributed by atoms with van der Waals surface area (Å²) < 4.78 is 37.3. The van der Waals surface area contributed by atoms with Gasteiger partial charge in [0.2, 0.25) is 0 Å². The molecule has 1 rings (SSSR count). The Kier molecular flexibility index (Phi) is 2.69. The zero-order valence-corrected chi connectivity index (χ0v) is 7.62. The molecule has 0 spiro atoms. The Morgan fingerprint density at radius 3 is 2.50 bits per heavy atom. The van der Waals surface area contributed by atoms with Gasteiger partial charge < -0.3 is 11.5 Å². The van der Waals surface area contributed by atoms with E-state index in [9.17, 15) is 13.2 Å². The molecule has 0 aromatic heterocycles. The van der Waals surface area contributed by atoms with Crippen LogP contribution in [-0.2, 0) is 0 Å². The van der Waals surface area contributed by atoms with E-state index in [1.807, 2.05) is 0 Å². The second kappa shape index (κ2) is 3.36. The SMILES string of the molecule is C[C@H](C(F)(F)F)C1(N)C=CN=CC1N. The summed E-state index contributed by atoms with van der Waals surface area (Å²) in [5.41, 5.74) is 9.50. The van der Waals surface area contributed by atoms with Gasteiger partial charge in [-0.05, 0) is 6.08 Å². The van der Waals surface area contributed by atoms with Crippen molar-refractivity contribution in [1.29, 1.82) is 0 Å². The van der Waals surface area contributed by atoms with Gasteiger partial charge in [-0.3, -0.25) is 4.99 Å². The van der Waals surface area contributed by atoms with Gasteiger partial charge >= 0.3 is 6.18 Å². The van der Waals surface area contributed by atoms with E-state index in [4.69, 9.17) is 11.5 Å². The molecule has 1 aliphatic rings. The molecule has 2 unspecified atom stereocenters. The van der Waals surface area contributed by atoms with Gasteiger partial charge in [0.15, 0.2) is 0 Å². The van der Waals surface area contributed by atoms with Crippen molar-refractivity contribution < 1.29 is 13.2 Å². The maximum absolute atomic E-state index is 12.4. The molecule has 0 aliphatic carbocycles. The summed E-state index contributed by atoms with van der Waals surface area (Å²) in [6.07, 6.45) is -0.689. The highest BCUT2D eigenvalue weighted by atomic mass is 19.4. The van der Waals surface area contributed by atoms with Crippen LogP contribution in [-0.4, -0.2) is 24.0 Å². The van der Waals surface area contributed by atoms with Crippen LogP contribution in [0, 0.1) is 5.92 Å². The molecule has 0 aromatic rings. The average Bonchev–Trinajstić information content (AvgIpc) is 2.07. The smallest absolute Gasteiger partial charge is 0.321 e. The Morgan fingerprint density at radius 1 is 1.50 bits per heavy atom. The molecule has 3 atom stereocenters. The molecule has 0 fully saturated rings. The van der Waals surface area contributed by atoms with Crippen LogP contribution in [0.1, 0.15) is 6.92 Å². The van der Waals surface area contributed by atoms with Crippen molar-refractivity contribution in [2.75, 3.05) is 0 Å². The minimum atomic E-state index is -4.36. The van der Waals surface area contributed by atoms with Crippen molar-refractivity contribution in [1.82, 2.24) is 0 Å². The molecular formula is C8H12F3N3. The minimum absolute atomic E-state index is 0.913. The van der Waals surface area contributed by atoms with E-state index in [1.54, 1.807) is 0 Å². The van der Waals surface area contributed by atoms with E-state index in [-0.39, 0.29) is 0 Å². The van der Waals surface area contributed by atoms with Gasteiger partial charge in [-0.1, -0.05) is 6.92 Å². The average molecular weight is 207 g/mol. The number of alkyl halides is 3. The molecule has 4 N–H and O–H groups in total. The summed E-state index contributed by atoms with van der Waals surface area (Å²) >= 11 is 0. The van der Waals surface area contributed by atoms with Crippen LogP contribution < -0.4 is 11.5 Å². The second-order valence-corrected chi connectivity index (χ2v) is 3.40. The highest BCUT2D eigenvalue weighted by Crippen LogP contribution is 2.35. The molecule has 0 amide bonds. The summed E-state index contributed by atoms with van der Waals surface area (Å²) in [7, 11) is 0. The molecular weight excluding hydrogens is 195 g/mol. The lowest BCUT2D eigenvalue weighted by Gasteiger charge is -2.38. The van der Waals surface area contributed by atoms with Crippen LogP contribution >= 0.6 is 0 Å². The van der Waals surface area contributed by atoms with Gasteiger partial charge in [0, 0.05) is 12.4 Å². The first kappa shape index (κ1) is 11.2. The van der Waals surface area contributed by atoms with Crippen molar-refractivity contribution in [2.24, 2.45) is 22.4 Å². The molecule has 80 valence electrons. The van der Waals surface area contributed by atoms with Gasteiger partial charge in [0.1, 0.15) is 0 Å².